The number of ether oxygens (including phenoxy) is 2. The van der Waals surface area contributed by atoms with Gasteiger partial charge in [0.1, 0.15) is 0 Å². The Kier molecular flexibility index (Phi) is 4.51. The fourth-order valence-corrected chi connectivity index (χ4v) is 3.21. The molecule has 1 aliphatic heterocycles. The highest BCUT2D eigenvalue weighted by molar-refractivity contribution is 9.10. The minimum absolute atomic E-state index is 0.483. The van der Waals surface area contributed by atoms with E-state index in [9.17, 15) is 0 Å². The number of methoxy groups -OCH3 is 2. The van der Waals surface area contributed by atoms with Gasteiger partial charge in [0.05, 0.1) is 14.2 Å². The number of rotatable bonds is 3. The highest BCUT2D eigenvalue weighted by Gasteiger charge is 2.25. The molecule has 2 rings (SSSR count). The first-order valence-electron chi connectivity index (χ1n) is 6.30. The van der Waals surface area contributed by atoms with Crippen molar-refractivity contribution < 1.29 is 9.47 Å². The van der Waals surface area contributed by atoms with Crippen LogP contribution in [0.4, 0.5) is 0 Å². The van der Waals surface area contributed by atoms with Crippen LogP contribution in [-0.4, -0.2) is 27.3 Å². The monoisotopic (exact) mass is 313 g/mol. The normalized spacial score (nSPS) is 19.7. The summed E-state index contributed by atoms with van der Waals surface area (Å²) >= 11 is 3.71. The standard InChI is InChI=1S/C14H20BrNO2/c1-9-7-11(17-2)14(18-3)12(13(9)15)10-5-4-6-16-8-10/h7,10,16H,4-6,8H2,1-3H3. The van der Waals surface area contributed by atoms with Crippen LogP contribution in [0.25, 0.3) is 0 Å². The predicted octanol–water partition coefficient (Wildman–Crippen LogP) is 3.24. The molecular weight excluding hydrogens is 294 g/mol. The number of piperidine rings is 1. The van der Waals surface area contributed by atoms with Crippen molar-refractivity contribution in [2.45, 2.75) is 25.7 Å². The third-order valence-corrected chi connectivity index (χ3v) is 4.58. The molecule has 4 heteroatoms. The summed E-state index contributed by atoms with van der Waals surface area (Å²) in [4.78, 5) is 0. The van der Waals surface area contributed by atoms with Gasteiger partial charge < -0.3 is 14.8 Å². The lowest BCUT2D eigenvalue weighted by molar-refractivity contribution is 0.344. The first kappa shape index (κ1) is 13.7. The molecule has 0 spiro atoms. The zero-order valence-corrected chi connectivity index (χ0v) is 12.8. The molecule has 0 aliphatic carbocycles. The fourth-order valence-electron chi connectivity index (χ4n) is 2.60. The van der Waals surface area contributed by atoms with Crippen LogP contribution >= 0.6 is 15.9 Å². The molecule has 100 valence electrons. The minimum Gasteiger partial charge on any atom is -0.493 e. The Morgan fingerprint density at radius 1 is 1.33 bits per heavy atom. The van der Waals surface area contributed by atoms with Crippen LogP contribution in [0.3, 0.4) is 0 Å². The minimum atomic E-state index is 0.483. The maximum absolute atomic E-state index is 5.57. The maximum atomic E-state index is 5.57. The molecule has 0 amide bonds. The number of hydrogen-bond acceptors (Lipinski definition) is 3. The molecule has 18 heavy (non-hydrogen) atoms. The van der Waals surface area contributed by atoms with E-state index in [2.05, 4.69) is 28.2 Å². The molecule has 1 saturated heterocycles. The van der Waals surface area contributed by atoms with Crippen molar-refractivity contribution in [2.75, 3.05) is 27.3 Å². The van der Waals surface area contributed by atoms with Gasteiger partial charge in [-0.3, -0.25) is 0 Å². The van der Waals surface area contributed by atoms with E-state index < -0.39 is 0 Å². The lowest BCUT2D eigenvalue weighted by Crippen LogP contribution is -2.29. The van der Waals surface area contributed by atoms with Gasteiger partial charge in [0.15, 0.2) is 11.5 Å². The van der Waals surface area contributed by atoms with Crippen LogP contribution in [0.15, 0.2) is 10.5 Å². The summed E-state index contributed by atoms with van der Waals surface area (Å²) in [5.41, 5.74) is 2.43. The van der Waals surface area contributed by atoms with Crippen LogP contribution in [-0.2, 0) is 0 Å². The van der Waals surface area contributed by atoms with Gasteiger partial charge in [0.25, 0.3) is 0 Å². The number of nitrogens with one attached hydrogen (secondary N) is 1. The third-order valence-electron chi connectivity index (χ3n) is 3.53. The van der Waals surface area contributed by atoms with Gasteiger partial charge in [0.2, 0.25) is 0 Å². The second-order valence-electron chi connectivity index (χ2n) is 4.70. The lowest BCUT2D eigenvalue weighted by atomic mass is 9.89. The molecule has 1 atom stereocenters. The molecule has 1 fully saturated rings. The van der Waals surface area contributed by atoms with Gasteiger partial charge >= 0.3 is 0 Å². The van der Waals surface area contributed by atoms with Crippen molar-refractivity contribution >= 4 is 15.9 Å². The molecule has 1 unspecified atom stereocenters. The number of aryl methyl sites for hydroxylation is 1. The van der Waals surface area contributed by atoms with E-state index in [0.717, 1.165) is 29.1 Å². The largest absolute Gasteiger partial charge is 0.493 e. The Bertz CT molecular complexity index is 428. The Balaban J connectivity index is 2.51. The van der Waals surface area contributed by atoms with Crippen LogP contribution in [0.5, 0.6) is 11.5 Å². The lowest BCUT2D eigenvalue weighted by Gasteiger charge is -2.27. The van der Waals surface area contributed by atoms with Crippen molar-refractivity contribution in [1.82, 2.24) is 5.32 Å². The topological polar surface area (TPSA) is 30.5 Å². The molecule has 0 saturated carbocycles. The molecule has 0 bridgehead atoms. The van der Waals surface area contributed by atoms with Crippen molar-refractivity contribution in [3.63, 3.8) is 0 Å². The van der Waals surface area contributed by atoms with Gasteiger partial charge in [-0.05, 0) is 37.9 Å². The average Bonchev–Trinajstić information content (AvgIpc) is 2.42. The summed E-state index contributed by atoms with van der Waals surface area (Å²) in [5, 5.41) is 3.45. The van der Waals surface area contributed by atoms with Crippen molar-refractivity contribution in [2.24, 2.45) is 0 Å². The number of benzene rings is 1. The van der Waals surface area contributed by atoms with E-state index in [1.807, 2.05) is 6.07 Å². The highest BCUT2D eigenvalue weighted by Crippen LogP contribution is 2.44. The van der Waals surface area contributed by atoms with E-state index in [4.69, 9.17) is 9.47 Å². The molecule has 1 aliphatic rings. The zero-order chi connectivity index (χ0) is 13.1. The summed E-state index contributed by atoms with van der Waals surface area (Å²) in [6, 6.07) is 2.02. The molecular formula is C14H20BrNO2. The SMILES string of the molecule is COc1cc(C)c(Br)c(C2CCCNC2)c1OC. The van der Waals surface area contributed by atoms with E-state index in [1.54, 1.807) is 14.2 Å². The molecule has 1 N–H and O–H groups in total. The Morgan fingerprint density at radius 3 is 2.67 bits per heavy atom. The van der Waals surface area contributed by atoms with Gasteiger partial charge in [-0.2, -0.15) is 0 Å². The van der Waals surface area contributed by atoms with Gasteiger partial charge in [-0.25, -0.2) is 0 Å². The Hall–Kier alpha value is -0.740. The van der Waals surface area contributed by atoms with E-state index >= 15 is 0 Å². The molecule has 0 radical (unpaired) electrons. The van der Waals surface area contributed by atoms with Crippen LogP contribution in [0.2, 0.25) is 0 Å². The Morgan fingerprint density at radius 2 is 2.11 bits per heavy atom. The van der Waals surface area contributed by atoms with E-state index in [1.165, 1.54) is 24.0 Å². The van der Waals surface area contributed by atoms with Gasteiger partial charge in [0, 0.05) is 22.5 Å². The van der Waals surface area contributed by atoms with Crippen molar-refractivity contribution in [3.05, 3.63) is 21.7 Å². The third kappa shape index (κ3) is 2.50. The zero-order valence-electron chi connectivity index (χ0n) is 11.2. The first-order valence-corrected chi connectivity index (χ1v) is 7.10. The summed E-state index contributed by atoms with van der Waals surface area (Å²) < 4.78 is 12.2. The van der Waals surface area contributed by atoms with Crippen LogP contribution in [0.1, 0.15) is 29.9 Å². The number of halogens is 1. The highest BCUT2D eigenvalue weighted by atomic mass is 79.9. The molecule has 1 heterocycles. The summed E-state index contributed by atoms with van der Waals surface area (Å²) in [6.07, 6.45) is 2.39. The number of hydrogen-bond donors (Lipinski definition) is 1. The van der Waals surface area contributed by atoms with E-state index in [-0.39, 0.29) is 0 Å². The molecule has 0 aromatic heterocycles. The fraction of sp³-hybridized carbons (Fsp3) is 0.571. The first-order chi connectivity index (χ1) is 8.69. The quantitative estimate of drug-likeness (QED) is 0.929. The average molecular weight is 314 g/mol. The van der Waals surface area contributed by atoms with E-state index in [0.29, 0.717) is 5.92 Å². The second-order valence-corrected chi connectivity index (χ2v) is 5.49. The van der Waals surface area contributed by atoms with Gasteiger partial charge in [-0.1, -0.05) is 15.9 Å². The van der Waals surface area contributed by atoms with Crippen molar-refractivity contribution in [1.29, 1.82) is 0 Å². The van der Waals surface area contributed by atoms with Crippen LogP contribution in [0, 0.1) is 6.92 Å². The second kappa shape index (κ2) is 5.93. The predicted molar refractivity (Wildman–Crippen MR) is 76.8 cm³/mol. The molecule has 3 nitrogen and oxygen atoms in total. The van der Waals surface area contributed by atoms with Crippen molar-refractivity contribution in [3.8, 4) is 11.5 Å². The summed E-state index contributed by atoms with van der Waals surface area (Å²) in [5.74, 6) is 2.17. The summed E-state index contributed by atoms with van der Waals surface area (Å²) in [6.45, 7) is 4.20. The van der Waals surface area contributed by atoms with Gasteiger partial charge in [-0.15, -0.1) is 0 Å². The Labute approximate surface area is 117 Å². The smallest absolute Gasteiger partial charge is 0.165 e. The molecule has 1 aromatic carbocycles. The van der Waals surface area contributed by atoms with Crippen LogP contribution < -0.4 is 14.8 Å². The summed E-state index contributed by atoms with van der Waals surface area (Å²) in [7, 11) is 3.40. The maximum Gasteiger partial charge on any atom is 0.165 e. The molecule has 1 aromatic rings.